The van der Waals surface area contributed by atoms with E-state index in [0.29, 0.717) is 18.8 Å². The Kier molecular flexibility index (Phi) is 3.46. The second kappa shape index (κ2) is 5.03. The third-order valence-corrected chi connectivity index (χ3v) is 2.74. The molecule has 5 nitrogen and oxygen atoms in total. The van der Waals surface area contributed by atoms with Crippen LogP contribution in [0.4, 0.5) is 4.79 Å². The Labute approximate surface area is 99.3 Å². The summed E-state index contributed by atoms with van der Waals surface area (Å²) in [5.41, 5.74) is 0. The third-order valence-electron chi connectivity index (χ3n) is 2.74. The lowest BCUT2D eigenvalue weighted by Gasteiger charge is -2.36. The van der Waals surface area contributed by atoms with Gasteiger partial charge in [-0.15, -0.1) is 0 Å². The highest BCUT2D eigenvalue weighted by molar-refractivity contribution is 5.97. The lowest BCUT2D eigenvalue weighted by atomic mass is 10.0. The monoisotopic (exact) mass is 237 g/mol. The van der Waals surface area contributed by atoms with Crippen LogP contribution >= 0.6 is 0 Å². The second-order valence-corrected chi connectivity index (χ2v) is 3.97. The lowest BCUT2D eigenvalue weighted by Crippen LogP contribution is -2.50. The van der Waals surface area contributed by atoms with Crippen LogP contribution in [0.2, 0.25) is 0 Å². The average molecular weight is 237 g/mol. The maximum Gasteiger partial charge on any atom is 0.417 e. The number of furan rings is 1. The molecule has 1 fully saturated rings. The Bertz CT molecular complexity index is 399. The Morgan fingerprint density at radius 2 is 2.47 bits per heavy atom. The number of carbonyl (C=O) groups is 2. The van der Waals surface area contributed by atoms with Gasteiger partial charge in [0.05, 0.1) is 19.3 Å². The van der Waals surface area contributed by atoms with Crippen LogP contribution in [-0.4, -0.2) is 23.5 Å². The van der Waals surface area contributed by atoms with Gasteiger partial charge < -0.3 is 9.15 Å². The zero-order valence-electron chi connectivity index (χ0n) is 9.72. The van der Waals surface area contributed by atoms with Crippen LogP contribution in [0.1, 0.15) is 38.0 Å². The molecule has 2 heterocycles. The van der Waals surface area contributed by atoms with Gasteiger partial charge in [0.15, 0.2) is 0 Å². The Hall–Kier alpha value is -1.78. The number of ether oxygens (including phenoxy) is 1. The van der Waals surface area contributed by atoms with E-state index in [1.54, 1.807) is 12.1 Å². The number of β-lactam (4-membered cyclic amide) rings is 1. The predicted molar refractivity (Wildman–Crippen MR) is 59.2 cm³/mol. The van der Waals surface area contributed by atoms with Crippen LogP contribution in [0.15, 0.2) is 22.8 Å². The summed E-state index contributed by atoms with van der Waals surface area (Å²) < 4.78 is 10.2. The molecule has 0 saturated carbocycles. The zero-order valence-corrected chi connectivity index (χ0v) is 9.72. The lowest BCUT2D eigenvalue weighted by molar-refractivity contribution is -0.143. The van der Waals surface area contributed by atoms with Crippen LogP contribution in [0.5, 0.6) is 0 Å². The topological polar surface area (TPSA) is 59.8 Å². The fourth-order valence-electron chi connectivity index (χ4n) is 1.73. The number of unbranched alkanes of at least 4 members (excludes halogenated alkanes) is 1. The van der Waals surface area contributed by atoms with Crippen molar-refractivity contribution in [3.8, 4) is 0 Å². The van der Waals surface area contributed by atoms with E-state index in [0.717, 1.165) is 17.7 Å². The molecule has 1 saturated heterocycles. The molecule has 2 amide bonds. The van der Waals surface area contributed by atoms with Gasteiger partial charge in [-0.2, -0.15) is 0 Å². The number of rotatable bonds is 4. The summed E-state index contributed by atoms with van der Waals surface area (Å²) in [6, 6.07) is 3.19. The normalized spacial score (nSPS) is 19.0. The summed E-state index contributed by atoms with van der Waals surface area (Å²) in [6.07, 6.45) is 3.01. The van der Waals surface area contributed by atoms with Gasteiger partial charge in [0.25, 0.3) is 0 Å². The molecule has 0 radical (unpaired) electrons. The van der Waals surface area contributed by atoms with E-state index in [4.69, 9.17) is 9.15 Å². The highest BCUT2D eigenvalue weighted by atomic mass is 16.6. The number of likely N-dealkylation sites (tertiary alicyclic amines) is 1. The molecule has 5 heteroatoms. The van der Waals surface area contributed by atoms with E-state index in [1.807, 2.05) is 6.92 Å². The van der Waals surface area contributed by atoms with E-state index in [2.05, 4.69) is 0 Å². The molecule has 0 N–H and O–H groups in total. The number of amides is 2. The molecule has 1 atom stereocenters. The first-order valence-electron chi connectivity index (χ1n) is 5.76. The fourth-order valence-corrected chi connectivity index (χ4v) is 1.73. The zero-order chi connectivity index (χ0) is 12.3. The number of nitrogens with zero attached hydrogens (tertiary/aromatic N) is 1. The van der Waals surface area contributed by atoms with E-state index < -0.39 is 6.09 Å². The molecule has 92 valence electrons. The van der Waals surface area contributed by atoms with Crippen LogP contribution in [0, 0.1) is 0 Å². The average Bonchev–Trinajstić information content (AvgIpc) is 2.79. The van der Waals surface area contributed by atoms with Crippen molar-refractivity contribution in [3.63, 3.8) is 0 Å². The molecule has 2 rings (SSSR count). The van der Waals surface area contributed by atoms with E-state index in [-0.39, 0.29) is 11.9 Å². The van der Waals surface area contributed by atoms with Crippen molar-refractivity contribution in [3.05, 3.63) is 24.2 Å². The standard InChI is InChI=1S/C12H15NO4/c1-2-3-6-17-12(15)13-9(8-11(13)14)10-5-4-7-16-10/h4-5,7,9H,2-3,6,8H2,1H3. The summed E-state index contributed by atoms with van der Waals surface area (Å²) in [4.78, 5) is 24.2. The predicted octanol–water partition coefficient (Wildman–Crippen LogP) is 2.49. The van der Waals surface area contributed by atoms with Gasteiger partial charge in [-0.25, -0.2) is 9.69 Å². The molecule has 0 aromatic carbocycles. The van der Waals surface area contributed by atoms with Crippen molar-refractivity contribution in [2.75, 3.05) is 6.61 Å². The van der Waals surface area contributed by atoms with E-state index in [1.165, 1.54) is 6.26 Å². The molecular formula is C12H15NO4. The number of imide groups is 1. The van der Waals surface area contributed by atoms with Gasteiger partial charge in [-0.1, -0.05) is 13.3 Å². The van der Waals surface area contributed by atoms with Crippen LogP contribution < -0.4 is 0 Å². The first-order valence-corrected chi connectivity index (χ1v) is 5.76. The first kappa shape index (κ1) is 11.7. The van der Waals surface area contributed by atoms with E-state index in [9.17, 15) is 9.59 Å². The minimum Gasteiger partial charge on any atom is -0.467 e. The molecule has 0 bridgehead atoms. The number of hydrogen-bond donors (Lipinski definition) is 0. The van der Waals surface area contributed by atoms with Crippen molar-refractivity contribution in [2.45, 2.75) is 32.2 Å². The van der Waals surface area contributed by atoms with Crippen LogP contribution in [-0.2, 0) is 9.53 Å². The molecular weight excluding hydrogens is 222 g/mol. The van der Waals surface area contributed by atoms with Crippen molar-refractivity contribution >= 4 is 12.0 Å². The highest BCUT2D eigenvalue weighted by Gasteiger charge is 2.44. The molecule has 1 aliphatic rings. The quantitative estimate of drug-likeness (QED) is 0.596. The minimum absolute atomic E-state index is 0.215. The third kappa shape index (κ3) is 2.33. The highest BCUT2D eigenvalue weighted by Crippen LogP contribution is 2.35. The first-order chi connectivity index (χ1) is 8.24. The van der Waals surface area contributed by atoms with Crippen LogP contribution in [0.3, 0.4) is 0 Å². The summed E-state index contributed by atoms with van der Waals surface area (Å²) in [5.74, 6) is 0.407. The number of carbonyl (C=O) groups excluding carboxylic acids is 2. The Morgan fingerprint density at radius 3 is 3.06 bits per heavy atom. The number of hydrogen-bond acceptors (Lipinski definition) is 4. The van der Waals surface area contributed by atoms with E-state index >= 15 is 0 Å². The molecule has 1 aromatic heterocycles. The van der Waals surface area contributed by atoms with Gasteiger partial charge in [0.1, 0.15) is 11.8 Å². The van der Waals surface area contributed by atoms with Crippen LogP contribution in [0.25, 0.3) is 0 Å². The molecule has 1 aromatic rings. The Morgan fingerprint density at radius 1 is 1.65 bits per heavy atom. The Balaban J connectivity index is 1.94. The molecule has 1 unspecified atom stereocenters. The SMILES string of the molecule is CCCCOC(=O)N1C(=O)CC1c1ccco1. The van der Waals surface area contributed by atoms with Gasteiger partial charge >= 0.3 is 6.09 Å². The van der Waals surface area contributed by atoms with Gasteiger partial charge in [0, 0.05) is 0 Å². The summed E-state index contributed by atoms with van der Waals surface area (Å²) in [5, 5.41) is 0. The molecule has 17 heavy (non-hydrogen) atoms. The van der Waals surface area contributed by atoms with Crippen molar-refractivity contribution in [1.82, 2.24) is 4.90 Å². The van der Waals surface area contributed by atoms with Gasteiger partial charge in [-0.05, 0) is 18.6 Å². The van der Waals surface area contributed by atoms with Crippen molar-refractivity contribution in [2.24, 2.45) is 0 Å². The van der Waals surface area contributed by atoms with Crippen molar-refractivity contribution in [1.29, 1.82) is 0 Å². The molecule has 0 spiro atoms. The maximum absolute atomic E-state index is 11.7. The largest absolute Gasteiger partial charge is 0.467 e. The second-order valence-electron chi connectivity index (χ2n) is 3.97. The molecule has 1 aliphatic heterocycles. The summed E-state index contributed by atoms with van der Waals surface area (Å²) >= 11 is 0. The maximum atomic E-state index is 11.7. The fraction of sp³-hybridized carbons (Fsp3) is 0.500. The minimum atomic E-state index is -0.573. The molecule has 0 aliphatic carbocycles. The summed E-state index contributed by atoms with van der Waals surface area (Å²) in [7, 11) is 0. The van der Waals surface area contributed by atoms with Crippen molar-refractivity contribution < 1.29 is 18.7 Å². The smallest absolute Gasteiger partial charge is 0.417 e. The van der Waals surface area contributed by atoms with Gasteiger partial charge in [-0.3, -0.25) is 4.79 Å². The van der Waals surface area contributed by atoms with Gasteiger partial charge in [0.2, 0.25) is 5.91 Å². The summed E-state index contributed by atoms with van der Waals surface area (Å²) in [6.45, 7) is 2.36.